The Morgan fingerprint density at radius 2 is 2.06 bits per heavy atom. The highest BCUT2D eigenvalue weighted by Crippen LogP contribution is 2.34. The molecular weight excluding hydrogens is 405 g/mol. The van der Waals surface area contributed by atoms with Crippen LogP contribution in [0.25, 0.3) is 0 Å². The molecule has 2 aromatic rings. The van der Waals surface area contributed by atoms with Crippen LogP contribution in [-0.4, -0.2) is 52.9 Å². The van der Waals surface area contributed by atoms with Crippen LogP contribution in [0.3, 0.4) is 0 Å². The molecule has 1 saturated heterocycles. The molecule has 1 aromatic heterocycles. The average molecular weight is 430 g/mol. The molecule has 5 nitrogen and oxygen atoms in total. The summed E-state index contributed by atoms with van der Waals surface area (Å²) in [6, 6.07) is 6.93. The number of nitrogens with one attached hydrogen (secondary N) is 1. The average Bonchev–Trinajstić information content (AvgIpc) is 2.74. The second-order valence-corrected chi connectivity index (χ2v) is 7.61. The SMILES string of the molecule is C#Cc1ccnc(NC(=O)c2ccc(CN3CCN(CC)CC3C)c(C(F)(F)F)c2)c1. The van der Waals surface area contributed by atoms with Crippen LogP contribution in [0.1, 0.15) is 40.9 Å². The number of benzene rings is 1. The molecule has 0 bridgehead atoms. The van der Waals surface area contributed by atoms with Crippen molar-refractivity contribution >= 4 is 11.7 Å². The van der Waals surface area contributed by atoms with Crippen molar-refractivity contribution in [3.63, 3.8) is 0 Å². The lowest BCUT2D eigenvalue weighted by Crippen LogP contribution is -2.51. The van der Waals surface area contributed by atoms with Gasteiger partial charge in [-0.3, -0.25) is 9.69 Å². The molecule has 1 amide bonds. The van der Waals surface area contributed by atoms with E-state index in [2.05, 4.69) is 28.0 Å². The Bertz CT molecular complexity index is 984. The van der Waals surface area contributed by atoms with Gasteiger partial charge in [0.05, 0.1) is 5.56 Å². The van der Waals surface area contributed by atoms with Gasteiger partial charge in [0.1, 0.15) is 5.82 Å². The Morgan fingerprint density at radius 1 is 1.29 bits per heavy atom. The number of anilines is 1. The molecule has 8 heteroatoms. The first kappa shape index (κ1) is 22.8. The fourth-order valence-corrected chi connectivity index (χ4v) is 3.71. The fraction of sp³-hybridized carbons (Fsp3) is 0.391. The number of hydrogen-bond acceptors (Lipinski definition) is 4. The van der Waals surface area contributed by atoms with Crippen LogP contribution in [0.2, 0.25) is 0 Å². The van der Waals surface area contributed by atoms with Gasteiger partial charge in [-0.1, -0.05) is 18.9 Å². The van der Waals surface area contributed by atoms with Gasteiger partial charge in [-0.15, -0.1) is 6.42 Å². The number of carbonyl (C=O) groups is 1. The maximum atomic E-state index is 13.8. The molecule has 0 radical (unpaired) electrons. The van der Waals surface area contributed by atoms with Crippen molar-refractivity contribution in [1.82, 2.24) is 14.8 Å². The molecule has 31 heavy (non-hydrogen) atoms. The van der Waals surface area contributed by atoms with Gasteiger partial charge in [0, 0.05) is 49.5 Å². The Balaban J connectivity index is 1.81. The summed E-state index contributed by atoms with van der Waals surface area (Å²) in [4.78, 5) is 20.8. The summed E-state index contributed by atoms with van der Waals surface area (Å²) < 4.78 is 41.4. The van der Waals surface area contributed by atoms with Crippen LogP contribution >= 0.6 is 0 Å². The van der Waals surface area contributed by atoms with Crippen molar-refractivity contribution in [1.29, 1.82) is 0 Å². The quantitative estimate of drug-likeness (QED) is 0.732. The van der Waals surface area contributed by atoms with Gasteiger partial charge in [-0.25, -0.2) is 4.98 Å². The third kappa shape index (κ3) is 5.63. The third-order valence-electron chi connectivity index (χ3n) is 5.52. The van der Waals surface area contributed by atoms with E-state index in [0.717, 1.165) is 25.7 Å². The summed E-state index contributed by atoms with van der Waals surface area (Å²) in [5.74, 6) is 1.92. The summed E-state index contributed by atoms with van der Waals surface area (Å²) >= 11 is 0. The van der Waals surface area contributed by atoms with Gasteiger partial charge in [-0.2, -0.15) is 13.2 Å². The Labute approximate surface area is 180 Å². The second kappa shape index (κ2) is 9.50. The number of halogens is 3. The van der Waals surface area contributed by atoms with E-state index in [9.17, 15) is 18.0 Å². The molecule has 164 valence electrons. The number of rotatable bonds is 5. The van der Waals surface area contributed by atoms with E-state index < -0.39 is 17.6 Å². The van der Waals surface area contributed by atoms with E-state index in [1.807, 2.05) is 11.8 Å². The summed E-state index contributed by atoms with van der Waals surface area (Å²) in [6.45, 7) is 7.55. The first-order valence-electron chi connectivity index (χ1n) is 10.1. The molecule has 1 atom stereocenters. The van der Waals surface area contributed by atoms with E-state index in [-0.39, 0.29) is 29.5 Å². The number of amides is 1. The molecule has 2 heterocycles. The highest BCUT2D eigenvalue weighted by Gasteiger charge is 2.35. The molecule has 0 aliphatic carbocycles. The molecular formula is C23H25F3N4O. The lowest BCUT2D eigenvalue weighted by Gasteiger charge is -2.39. The van der Waals surface area contributed by atoms with Crippen LogP contribution in [0.15, 0.2) is 36.5 Å². The molecule has 1 aliphatic rings. The minimum Gasteiger partial charge on any atom is -0.307 e. The van der Waals surface area contributed by atoms with Gasteiger partial charge in [0.15, 0.2) is 0 Å². The van der Waals surface area contributed by atoms with Crippen molar-refractivity contribution in [2.24, 2.45) is 0 Å². The number of hydrogen-bond donors (Lipinski definition) is 1. The number of likely N-dealkylation sites (N-methyl/N-ethyl adjacent to an activating group) is 1. The molecule has 1 aliphatic heterocycles. The van der Waals surface area contributed by atoms with Crippen molar-refractivity contribution < 1.29 is 18.0 Å². The van der Waals surface area contributed by atoms with Crippen molar-refractivity contribution in [3.05, 3.63) is 58.8 Å². The molecule has 0 saturated carbocycles. The van der Waals surface area contributed by atoms with Gasteiger partial charge >= 0.3 is 6.18 Å². The van der Waals surface area contributed by atoms with Gasteiger partial charge in [0.25, 0.3) is 5.91 Å². The predicted octanol–water partition coefficient (Wildman–Crippen LogP) is 3.86. The van der Waals surface area contributed by atoms with Gasteiger partial charge in [-0.05, 0) is 43.3 Å². The summed E-state index contributed by atoms with van der Waals surface area (Å²) in [5, 5.41) is 2.50. The molecule has 1 N–H and O–H groups in total. The topological polar surface area (TPSA) is 48.5 Å². The molecule has 1 aromatic carbocycles. The Kier molecular flexibility index (Phi) is 6.98. The van der Waals surface area contributed by atoms with Crippen LogP contribution in [-0.2, 0) is 12.7 Å². The van der Waals surface area contributed by atoms with Crippen LogP contribution in [0.4, 0.5) is 19.0 Å². The molecule has 1 unspecified atom stereocenters. The summed E-state index contributed by atoms with van der Waals surface area (Å²) in [5.41, 5.74) is -0.217. The number of pyridine rings is 1. The number of aromatic nitrogens is 1. The van der Waals surface area contributed by atoms with Crippen molar-refractivity contribution in [2.75, 3.05) is 31.5 Å². The first-order valence-corrected chi connectivity index (χ1v) is 10.1. The van der Waals surface area contributed by atoms with Crippen molar-refractivity contribution in [2.45, 2.75) is 32.6 Å². The minimum absolute atomic E-state index is 0.0900. The fourth-order valence-electron chi connectivity index (χ4n) is 3.71. The van der Waals surface area contributed by atoms with E-state index in [4.69, 9.17) is 6.42 Å². The zero-order valence-corrected chi connectivity index (χ0v) is 17.5. The zero-order chi connectivity index (χ0) is 22.6. The zero-order valence-electron chi connectivity index (χ0n) is 17.5. The van der Waals surface area contributed by atoms with E-state index in [0.29, 0.717) is 12.1 Å². The highest BCUT2D eigenvalue weighted by atomic mass is 19.4. The first-order chi connectivity index (χ1) is 14.7. The predicted molar refractivity (Wildman–Crippen MR) is 114 cm³/mol. The lowest BCUT2D eigenvalue weighted by atomic mass is 10.0. The molecule has 3 rings (SSSR count). The largest absolute Gasteiger partial charge is 0.416 e. The Morgan fingerprint density at radius 3 is 2.71 bits per heavy atom. The number of nitrogens with zero attached hydrogens (tertiary/aromatic N) is 3. The maximum absolute atomic E-state index is 13.8. The highest BCUT2D eigenvalue weighted by molar-refractivity contribution is 6.04. The summed E-state index contributed by atoms with van der Waals surface area (Å²) in [6.07, 6.45) is 2.18. The molecule has 1 fully saturated rings. The molecule has 0 spiro atoms. The number of terminal acetylenes is 1. The van der Waals surface area contributed by atoms with Crippen LogP contribution in [0.5, 0.6) is 0 Å². The minimum atomic E-state index is -4.57. The smallest absolute Gasteiger partial charge is 0.307 e. The standard InChI is InChI=1S/C23H25F3N4O/c1-4-17-8-9-27-21(12-17)28-22(31)18-6-7-19(20(13-18)23(24,25)26)15-30-11-10-29(5-2)14-16(30)3/h1,6-9,12-13,16H,5,10-11,14-15H2,2-3H3,(H,27,28,31). The lowest BCUT2D eigenvalue weighted by molar-refractivity contribution is -0.138. The van der Waals surface area contributed by atoms with Gasteiger partial charge < -0.3 is 10.2 Å². The number of carbonyl (C=O) groups excluding carboxylic acids is 1. The van der Waals surface area contributed by atoms with Gasteiger partial charge in [0.2, 0.25) is 0 Å². The summed E-state index contributed by atoms with van der Waals surface area (Å²) in [7, 11) is 0. The van der Waals surface area contributed by atoms with Crippen LogP contribution in [0, 0.1) is 12.3 Å². The van der Waals surface area contributed by atoms with Crippen LogP contribution < -0.4 is 5.32 Å². The van der Waals surface area contributed by atoms with Crippen molar-refractivity contribution in [3.8, 4) is 12.3 Å². The monoisotopic (exact) mass is 430 g/mol. The second-order valence-electron chi connectivity index (χ2n) is 7.61. The maximum Gasteiger partial charge on any atom is 0.416 e. The van der Waals surface area contributed by atoms with E-state index >= 15 is 0 Å². The number of piperazine rings is 1. The normalized spacial score (nSPS) is 17.9. The van der Waals surface area contributed by atoms with E-state index in [1.165, 1.54) is 24.4 Å². The Hall–Kier alpha value is -2.89. The van der Waals surface area contributed by atoms with E-state index in [1.54, 1.807) is 6.07 Å². The number of alkyl halides is 3. The third-order valence-corrected chi connectivity index (χ3v) is 5.52.